The Hall–Kier alpha value is -3.08. The van der Waals surface area contributed by atoms with E-state index in [0.29, 0.717) is 22.8 Å². The van der Waals surface area contributed by atoms with Gasteiger partial charge in [-0.3, -0.25) is 4.79 Å². The molecule has 0 spiro atoms. The molecule has 2 aromatic carbocycles. The number of fused-ring (bicyclic) bond motifs is 1. The van der Waals surface area contributed by atoms with E-state index in [1.807, 2.05) is 42.5 Å². The van der Waals surface area contributed by atoms with Crippen LogP contribution in [0.25, 0.3) is 11.0 Å². The largest absolute Gasteiger partial charge is 0.450 e. The molecule has 1 amide bonds. The van der Waals surface area contributed by atoms with Crippen LogP contribution in [0.5, 0.6) is 0 Å². The minimum absolute atomic E-state index is 0.127. The first kappa shape index (κ1) is 18.7. The summed E-state index contributed by atoms with van der Waals surface area (Å²) in [6, 6.07) is 15.1. The Kier molecular flexibility index (Phi) is 5.60. The van der Waals surface area contributed by atoms with Crippen LogP contribution in [0.2, 0.25) is 0 Å². The van der Waals surface area contributed by atoms with Gasteiger partial charge in [0.1, 0.15) is 5.58 Å². The molecule has 1 N–H and O–H groups in total. The molecular formula is C22H23NO4. The van der Waals surface area contributed by atoms with Crippen LogP contribution in [-0.2, 0) is 9.53 Å². The summed E-state index contributed by atoms with van der Waals surface area (Å²) in [5.41, 5.74) is 3.22. The second-order valence-corrected chi connectivity index (χ2v) is 6.61. The summed E-state index contributed by atoms with van der Waals surface area (Å²) in [6.45, 7) is 5.72. The second kappa shape index (κ2) is 8.08. The van der Waals surface area contributed by atoms with Crippen molar-refractivity contribution in [3.63, 3.8) is 0 Å². The number of furan rings is 1. The maximum absolute atomic E-state index is 12.2. The molecule has 27 heavy (non-hydrogen) atoms. The molecule has 3 rings (SSSR count). The molecule has 1 heterocycles. The Bertz CT molecular complexity index is 956. The molecule has 0 fully saturated rings. The Balaban J connectivity index is 1.58. The average Bonchev–Trinajstić information content (AvgIpc) is 3.03. The van der Waals surface area contributed by atoms with Gasteiger partial charge in [0.15, 0.2) is 6.61 Å². The lowest BCUT2D eigenvalue weighted by atomic mass is 9.99. The van der Waals surface area contributed by atoms with E-state index >= 15 is 0 Å². The van der Waals surface area contributed by atoms with Gasteiger partial charge in [0.25, 0.3) is 5.91 Å². The molecule has 0 saturated carbocycles. The topological polar surface area (TPSA) is 68.5 Å². The SMILES string of the molecule is CC[C@H](C)c1ccc(NC(=O)COC(=O)c2oc3ccccc3c2C)cc1. The number of rotatable bonds is 6. The lowest BCUT2D eigenvalue weighted by Crippen LogP contribution is -2.21. The zero-order chi connectivity index (χ0) is 19.4. The quantitative estimate of drug-likeness (QED) is 0.621. The number of amides is 1. The van der Waals surface area contributed by atoms with E-state index in [4.69, 9.17) is 9.15 Å². The summed E-state index contributed by atoms with van der Waals surface area (Å²) in [7, 11) is 0. The Labute approximate surface area is 158 Å². The van der Waals surface area contributed by atoms with E-state index in [-0.39, 0.29) is 12.4 Å². The molecule has 3 aromatic rings. The number of nitrogens with one attached hydrogen (secondary N) is 1. The van der Waals surface area contributed by atoms with Crippen LogP contribution in [0.4, 0.5) is 5.69 Å². The maximum atomic E-state index is 12.2. The van der Waals surface area contributed by atoms with Crippen molar-refractivity contribution in [1.82, 2.24) is 0 Å². The lowest BCUT2D eigenvalue weighted by molar-refractivity contribution is -0.119. The van der Waals surface area contributed by atoms with Crippen molar-refractivity contribution in [2.75, 3.05) is 11.9 Å². The lowest BCUT2D eigenvalue weighted by Gasteiger charge is -2.10. The van der Waals surface area contributed by atoms with Crippen molar-refractivity contribution in [3.8, 4) is 0 Å². The molecule has 0 aliphatic carbocycles. The van der Waals surface area contributed by atoms with E-state index < -0.39 is 11.9 Å². The summed E-state index contributed by atoms with van der Waals surface area (Å²) >= 11 is 0. The molecule has 5 nitrogen and oxygen atoms in total. The van der Waals surface area contributed by atoms with Crippen molar-refractivity contribution in [2.45, 2.75) is 33.1 Å². The van der Waals surface area contributed by atoms with Gasteiger partial charge in [0, 0.05) is 16.6 Å². The van der Waals surface area contributed by atoms with Crippen LogP contribution in [-0.4, -0.2) is 18.5 Å². The van der Waals surface area contributed by atoms with E-state index in [0.717, 1.165) is 11.8 Å². The van der Waals surface area contributed by atoms with Crippen LogP contribution in [0.1, 0.15) is 47.9 Å². The monoisotopic (exact) mass is 365 g/mol. The molecule has 0 aliphatic rings. The fraction of sp³-hybridized carbons (Fsp3) is 0.273. The third-order valence-electron chi connectivity index (χ3n) is 4.74. The minimum atomic E-state index is -0.647. The number of para-hydroxylation sites is 1. The number of ether oxygens (including phenoxy) is 1. The third-order valence-corrected chi connectivity index (χ3v) is 4.74. The number of hydrogen-bond acceptors (Lipinski definition) is 4. The molecule has 1 atom stereocenters. The number of anilines is 1. The fourth-order valence-electron chi connectivity index (χ4n) is 2.89. The first-order valence-electron chi connectivity index (χ1n) is 9.04. The first-order valence-corrected chi connectivity index (χ1v) is 9.04. The fourth-order valence-corrected chi connectivity index (χ4v) is 2.89. The van der Waals surface area contributed by atoms with Gasteiger partial charge in [-0.1, -0.05) is 44.2 Å². The van der Waals surface area contributed by atoms with Gasteiger partial charge in [0.2, 0.25) is 5.76 Å². The van der Waals surface area contributed by atoms with Crippen LogP contribution in [0, 0.1) is 6.92 Å². The number of hydrogen-bond donors (Lipinski definition) is 1. The summed E-state index contributed by atoms with van der Waals surface area (Å²) in [5.74, 6) is -0.441. The highest BCUT2D eigenvalue weighted by Crippen LogP contribution is 2.25. The Morgan fingerprint density at radius 3 is 2.48 bits per heavy atom. The zero-order valence-corrected chi connectivity index (χ0v) is 15.7. The normalized spacial score (nSPS) is 12.0. The van der Waals surface area contributed by atoms with E-state index in [1.165, 1.54) is 5.56 Å². The average molecular weight is 365 g/mol. The molecular weight excluding hydrogens is 342 g/mol. The van der Waals surface area contributed by atoms with Gasteiger partial charge in [-0.2, -0.15) is 0 Å². The number of carbonyl (C=O) groups excluding carboxylic acids is 2. The first-order chi connectivity index (χ1) is 13.0. The molecule has 0 aliphatic heterocycles. The highest BCUT2D eigenvalue weighted by atomic mass is 16.5. The van der Waals surface area contributed by atoms with Crippen molar-refractivity contribution < 1.29 is 18.7 Å². The predicted octanol–water partition coefficient (Wildman–Crippen LogP) is 5.05. The van der Waals surface area contributed by atoms with E-state index in [1.54, 1.807) is 13.0 Å². The third kappa shape index (κ3) is 4.19. The summed E-state index contributed by atoms with van der Waals surface area (Å²) in [4.78, 5) is 24.3. The number of aryl methyl sites for hydroxylation is 1. The van der Waals surface area contributed by atoms with E-state index in [9.17, 15) is 9.59 Å². The highest BCUT2D eigenvalue weighted by Gasteiger charge is 2.19. The number of benzene rings is 2. The van der Waals surface area contributed by atoms with Gasteiger partial charge in [-0.25, -0.2) is 4.79 Å². The van der Waals surface area contributed by atoms with Crippen molar-refractivity contribution in [1.29, 1.82) is 0 Å². The summed E-state index contributed by atoms with van der Waals surface area (Å²) in [6.07, 6.45) is 1.06. The van der Waals surface area contributed by atoms with Crippen molar-refractivity contribution in [3.05, 3.63) is 65.4 Å². The Morgan fingerprint density at radius 1 is 1.11 bits per heavy atom. The predicted molar refractivity (Wildman–Crippen MR) is 105 cm³/mol. The summed E-state index contributed by atoms with van der Waals surface area (Å²) < 4.78 is 10.7. The smallest absolute Gasteiger partial charge is 0.375 e. The molecule has 0 saturated heterocycles. The van der Waals surface area contributed by atoms with Gasteiger partial charge in [0.05, 0.1) is 0 Å². The molecule has 1 aromatic heterocycles. The molecule has 0 bridgehead atoms. The second-order valence-electron chi connectivity index (χ2n) is 6.61. The zero-order valence-electron chi connectivity index (χ0n) is 15.7. The van der Waals surface area contributed by atoms with Gasteiger partial charge >= 0.3 is 5.97 Å². The van der Waals surface area contributed by atoms with Crippen LogP contribution < -0.4 is 5.32 Å². The van der Waals surface area contributed by atoms with E-state index in [2.05, 4.69) is 19.2 Å². The highest BCUT2D eigenvalue weighted by molar-refractivity contribution is 5.98. The van der Waals surface area contributed by atoms with Gasteiger partial charge in [-0.05, 0) is 43.0 Å². The minimum Gasteiger partial charge on any atom is -0.450 e. The van der Waals surface area contributed by atoms with Crippen LogP contribution >= 0.6 is 0 Å². The number of carbonyl (C=O) groups is 2. The van der Waals surface area contributed by atoms with Gasteiger partial charge < -0.3 is 14.5 Å². The standard InChI is InChI=1S/C22H23NO4/c1-4-14(2)16-9-11-17(12-10-16)23-20(24)13-26-22(25)21-15(3)18-7-5-6-8-19(18)27-21/h5-12,14H,4,13H2,1-3H3,(H,23,24)/t14-/m0/s1. The summed E-state index contributed by atoms with van der Waals surface area (Å²) in [5, 5.41) is 3.58. The van der Waals surface area contributed by atoms with Crippen molar-refractivity contribution >= 4 is 28.5 Å². The Morgan fingerprint density at radius 2 is 1.81 bits per heavy atom. The van der Waals surface area contributed by atoms with Gasteiger partial charge in [-0.15, -0.1) is 0 Å². The number of esters is 1. The van der Waals surface area contributed by atoms with Crippen LogP contribution in [0.3, 0.4) is 0 Å². The molecule has 140 valence electrons. The van der Waals surface area contributed by atoms with Crippen molar-refractivity contribution in [2.24, 2.45) is 0 Å². The molecule has 5 heteroatoms. The molecule has 0 radical (unpaired) electrons. The maximum Gasteiger partial charge on any atom is 0.375 e. The van der Waals surface area contributed by atoms with Crippen LogP contribution in [0.15, 0.2) is 52.9 Å². The molecule has 0 unspecified atom stereocenters.